The summed E-state index contributed by atoms with van der Waals surface area (Å²) >= 11 is 0. The number of fused-ring (bicyclic) bond motifs is 1. The van der Waals surface area contributed by atoms with Crippen LogP contribution in [-0.2, 0) is 6.42 Å². The summed E-state index contributed by atoms with van der Waals surface area (Å²) < 4.78 is 0. The van der Waals surface area contributed by atoms with E-state index >= 15 is 0 Å². The molecule has 0 atom stereocenters. The fourth-order valence-corrected chi connectivity index (χ4v) is 2.58. The number of anilines is 2. The van der Waals surface area contributed by atoms with E-state index in [1.54, 1.807) is 6.07 Å². The summed E-state index contributed by atoms with van der Waals surface area (Å²) in [5, 5.41) is 18.8. The van der Waals surface area contributed by atoms with Crippen LogP contribution in [0.3, 0.4) is 0 Å². The molecule has 0 saturated carbocycles. The lowest BCUT2D eigenvalue weighted by Crippen LogP contribution is -2.32. The van der Waals surface area contributed by atoms with Crippen molar-refractivity contribution in [2.75, 3.05) is 11.4 Å². The second kappa shape index (κ2) is 4.48. The number of benzene rings is 2. The molecule has 0 unspecified atom stereocenters. The number of hydrogen-bond acceptors (Lipinski definition) is 3. The van der Waals surface area contributed by atoms with E-state index < -0.39 is 7.12 Å². The molecule has 0 bridgehead atoms. The average molecular weight is 239 g/mol. The molecule has 4 heteroatoms. The molecular weight excluding hydrogens is 225 g/mol. The van der Waals surface area contributed by atoms with E-state index in [0.717, 1.165) is 29.9 Å². The van der Waals surface area contributed by atoms with E-state index in [1.165, 1.54) is 0 Å². The molecule has 3 nitrogen and oxygen atoms in total. The molecule has 0 aliphatic carbocycles. The van der Waals surface area contributed by atoms with Crippen molar-refractivity contribution in [1.29, 1.82) is 0 Å². The number of hydrogen-bond donors (Lipinski definition) is 2. The van der Waals surface area contributed by atoms with E-state index in [9.17, 15) is 10.0 Å². The number of nitrogens with zero attached hydrogens (tertiary/aromatic N) is 1. The summed E-state index contributed by atoms with van der Waals surface area (Å²) in [6.45, 7) is 0.878. The van der Waals surface area contributed by atoms with Crippen molar-refractivity contribution in [3.05, 3.63) is 54.1 Å². The van der Waals surface area contributed by atoms with Crippen molar-refractivity contribution in [2.24, 2.45) is 0 Å². The summed E-state index contributed by atoms with van der Waals surface area (Å²) in [7, 11) is -1.39. The van der Waals surface area contributed by atoms with Crippen molar-refractivity contribution >= 4 is 24.0 Å². The molecule has 1 aliphatic heterocycles. The Bertz CT molecular complexity index is 557. The second-order valence-corrected chi connectivity index (χ2v) is 4.46. The van der Waals surface area contributed by atoms with Crippen molar-refractivity contribution < 1.29 is 10.0 Å². The Hall–Kier alpha value is -1.78. The van der Waals surface area contributed by atoms with Crippen molar-refractivity contribution in [2.45, 2.75) is 6.42 Å². The maximum absolute atomic E-state index is 9.38. The van der Waals surface area contributed by atoms with Gasteiger partial charge in [-0.2, -0.15) is 0 Å². The zero-order valence-corrected chi connectivity index (χ0v) is 9.95. The molecule has 2 aromatic rings. The monoisotopic (exact) mass is 239 g/mol. The summed E-state index contributed by atoms with van der Waals surface area (Å²) in [5.41, 5.74) is 3.87. The Morgan fingerprint density at radius 2 is 1.72 bits per heavy atom. The van der Waals surface area contributed by atoms with Gasteiger partial charge in [0.2, 0.25) is 0 Å². The Morgan fingerprint density at radius 3 is 2.44 bits per heavy atom. The molecule has 0 spiro atoms. The van der Waals surface area contributed by atoms with Crippen LogP contribution >= 0.6 is 0 Å². The van der Waals surface area contributed by atoms with Crippen molar-refractivity contribution in [3.8, 4) is 0 Å². The first-order chi connectivity index (χ1) is 8.77. The van der Waals surface area contributed by atoms with Crippen LogP contribution in [0.2, 0.25) is 0 Å². The van der Waals surface area contributed by atoms with Crippen LogP contribution < -0.4 is 10.4 Å². The van der Waals surface area contributed by atoms with Gasteiger partial charge in [0.1, 0.15) is 0 Å². The summed E-state index contributed by atoms with van der Waals surface area (Å²) in [6.07, 6.45) is 0.845. The van der Waals surface area contributed by atoms with Crippen LogP contribution in [0.1, 0.15) is 5.56 Å². The summed E-state index contributed by atoms with van der Waals surface area (Å²) in [4.78, 5) is 2.21. The first kappa shape index (κ1) is 11.3. The van der Waals surface area contributed by atoms with Gasteiger partial charge < -0.3 is 14.9 Å². The summed E-state index contributed by atoms with van der Waals surface area (Å²) in [6, 6.07) is 15.8. The molecule has 18 heavy (non-hydrogen) atoms. The van der Waals surface area contributed by atoms with Gasteiger partial charge in [0.05, 0.1) is 0 Å². The lowest BCUT2D eigenvalue weighted by molar-refractivity contribution is 0.425. The maximum Gasteiger partial charge on any atom is 0.488 e. The van der Waals surface area contributed by atoms with E-state index in [1.807, 2.05) is 30.3 Å². The topological polar surface area (TPSA) is 43.7 Å². The largest absolute Gasteiger partial charge is 0.488 e. The van der Waals surface area contributed by atoms with Gasteiger partial charge in [-0.05, 0) is 35.6 Å². The Balaban J connectivity index is 2.05. The van der Waals surface area contributed by atoms with Gasteiger partial charge in [-0.15, -0.1) is 0 Å². The Labute approximate surface area is 106 Å². The molecule has 1 heterocycles. The smallest absolute Gasteiger partial charge is 0.423 e. The molecule has 1 aliphatic rings. The molecule has 0 aromatic heterocycles. The molecular formula is C14H14BNO2. The Morgan fingerprint density at radius 1 is 0.944 bits per heavy atom. The van der Waals surface area contributed by atoms with Gasteiger partial charge in [0.15, 0.2) is 0 Å². The highest BCUT2D eigenvalue weighted by molar-refractivity contribution is 6.59. The fraction of sp³-hybridized carbons (Fsp3) is 0.143. The number of rotatable bonds is 2. The van der Waals surface area contributed by atoms with Gasteiger partial charge in [-0.25, -0.2) is 0 Å². The van der Waals surface area contributed by atoms with Gasteiger partial charge in [0.25, 0.3) is 0 Å². The predicted octanol–water partition coefficient (Wildman–Crippen LogP) is 1.06. The molecule has 2 N–H and O–H groups in total. The van der Waals surface area contributed by atoms with Gasteiger partial charge >= 0.3 is 7.12 Å². The molecule has 90 valence electrons. The van der Waals surface area contributed by atoms with Crippen molar-refractivity contribution in [3.63, 3.8) is 0 Å². The van der Waals surface area contributed by atoms with Crippen molar-refractivity contribution in [1.82, 2.24) is 0 Å². The van der Waals surface area contributed by atoms with Crippen LogP contribution in [0.5, 0.6) is 0 Å². The minimum atomic E-state index is -1.39. The van der Waals surface area contributed by atoms with E-state index in [-0.39, 0.29) is 0 Å². The molecule has 3 rings (SSSR count). The van der Waals surface area contributed by atoms with E-state index in [4.69, 9.17) is 0 Å². The molecule has 0 amide bonds. The summed E-state index contributed by atoms with van der Waals surface area (Å²) in [5.74, 6) is 0. The van der Waals surface area contributed by atoms with E-state index in [2.05, 4.69) is 17.0 Å². The minimum absolute atomic E-state index is 0.617. The fourth-order valence-electron chi connectivity index (χ4n) is 2.58. The molecule has 0 fully saturated rings. The van der Waals surface area contributed by atoms with Gasteiger partial charge in [-0.1, -0.05) is 30.3 Å². The highest BCUT2D eigenvalue weighted by Gasteiger charge is 2.26. The predicted molar refractivity (Wildman–Crippen MR) is 73.4 cm³/mol. The second-order valence-electron chi connectivity index (χ2n) is 4.46. The van der Waals surface area contributed by atoms with Gasteiger partial charge in [-0.3, -0.25) is 0 Å². The standard InChI is InChI=1S/C14H14BNO2/c17-15(18)13-7-4-8-14-12(13)9-10-16(14)11-5-2-1-3-6-11/h1-8,17-18H,9-10H2. The average Bonchev–Trinajstić information content (AvgIpc) is 2.83. The number of para-hydroxylation sites is 1. The molecule has 0 saturated heterocycles. The Kier molecular flexibility index (Phi) is 2.82. The van der Waals surface area contributed by atoms with Crippen LogP contribution in [0.25, 0.3) is 0 Å². The molecule has 2 aromatic carbocycles. The molecule has 0 radical (unpaired) electrons. The van der Waals surface area contributed by atoms with Crippen LogP contribution in [0.15, 0.2) is 48.5 Å². The van der Waals surface area contributed by atoms with Crippen LogP contribution in [-0.4, -0.2) is 23.7 Å². The van der Waals surface area contributed by atoms with E-state index in [0.29, 0.717) is 5.46 Å². The normalized spacial score (nSPS) is 13.6. The first-order valence-electron chi connectivity index (χ1n) is 6.08. The zero-order valence-electron chi connectivity index (χ0n) is 9.95. The third kappa shape index (κ3) is 1.80. The van der Waals surface area contributed by atoms with Gasteiger partial charge in [0, 0.05) is 17.9 Å². The van der Waals surface area contributed by atoms with Crippen LogP contribution in [0, 0.1) is 0 Å². The quantitative estimate of drug-likeness (QED) is 0.770. The first-order valence-corrected chi connectivity index (χ1v) is 6.08. The highest BCUT2D eigenvalue weighted by atomic mass is 16.4. The maximum atomic E-state index is 9.38. The van der Waals surface area contributed by atoms with Crippen LogP contribution in [0.4, 0.5) is 11.4 Å². The lowest BCUT2D eigenvalue weighted by Gasteiger charge is -2.19. The minimum Gasteiger partial charge on any atom is -0.423 e. The highest BCUT2D eigenvalue weighted by Crippen LogP contribution is 2.33. The third-order valence-corrected chi connectivity index (χ3v) is 3.41. The lowest BCUT2D eigenvalue weighted by atomic mass is 9.76. The SMILES string of the molecule is OB(O)c1cccc2c1CCN2c1ccccc1. The zero-order chi connectivity index (χ0) is 12.5. The third-order valence-electron chi connectivity index (χ3n) is 3.41.